The number of hydrogen-bond donors (Lipinski definition) is 0. The van der Waals surface area contributed by atoms with Crippen LogP contribution in [0.3, 0.4) is 0 Å². The van der Waals surface area contributed by atoms with Gasteiger partial charge in [-0.25, -0.2) is 12.7 Å². The van der Waals surface area contributed by atoms with Crippen molar-refractivity contribution < 1.29 is 13.2 Å². The summed E-state index contributed by atoms with van der Waals surface area (Å²) < 4.78 is 26.8. The van der Waals surface area contributed by atoms with Crippen molar-refractivity contribution in [1.29, 1.82) is 0 Å². The van der Waals surface area contributed by atoms with Gasteiger partial charge < -0.3 is 0 Å². The lowest BCUT2D eigenvalue weighted by Crippen LogP contribution is -2.44. The molecule has 0 unspecified atom stereocenters. The fourth-order valence-corrected chi connectivity index (χ4v) is 8.36. The van der Waals surface area contributed by atoms with E-state index in [0.29, 0.717) is 12.3 Å². The van der Waals surface area contributed by atoms with Crippen LogP contribution >= 0.6 is 0 Å². The Bertz CT molecular complexity index is 651. The molecule has 1 heterocycles. The predicted molar refractivity (Wildman–Crippen MR) is 84.5 cm³/mol. The number of rotatable bonds is 2. The molecular formula is C17H25NO3S. The number of sulfonamides is 1. The van der Waals surface area contributed by atoms with Crippen molar-refractivity contribution >= 4 is 15.9 Å². The quantitative estimate of drug-likeness (QED) is 0.734. The van der Waals surface area contributed by atoms with Gasteiger partial charge in [-0.2, -0.15) is 0 Å². The van der Waals surface area contributed by atoms with Crippen molar-refractivity contribution in [2.75, 3.05) is 5.75 Å². The Kier molecular flexibility index (Phi) is 2.93. The second-order valence-corrected chi connectivity index (χ2v) is 10.1. The highest BCUT2D eigenvalue weighted by Gasteiger charge is 2.72. The number of allylic oxidation sites excluding steroid dienone is 2. The number of amides is 1. The lowest BCUT2D eigenvalue weighted by atomic mass is 9.69. The zero-order valence-corrected chi connectivity index (χ0v) is 14.2. The summed E-state index contributed by atoms with van der Waals surface area (Å²) in [5.74, 6) is 0.808. The Hall–Kier alpha value is -0.840. The highest BCUT2D eigenvalue weighted by Crippen LogP contribution is 2.70. The molecule has 2 bridgehead atoms. The van der Waals surface area contributed by atoms with Gasteiger partial charge in [0.05, 0.1) is 11.8 Å². The van der Waals surface area contributed by atoms with Gasteiger partial charge >= 0.3 is 0 Å². The van der Waals surface area contributed by atoms with E-state index in [9.17, 15) is 13.2 Å². The summed E-state index contributed by atoms with van der Waals surface area (Å²) in [6.07, 6.45) is 9.45. The van der Waals surface area contributed by atoms with Crippen LogP contribution in [0, 0.1) is 22.7 Å². The zero-order chi connectivity index (χ0) is 15.8. The van der Waals surface area contributed by atoms with E-state index < -0.39 is 10.0 Å². The Morgan fingerprint density at radius 3 is 2.73 bits per heavy atom. The van der Waals surface area contributed by atoms with Gasteiger partial charge in [0.2, 0.25) is 15.9 Å². The van der Waals surface area contributed by atoms with Crippen LogP contribution in [0.15, 0.2) is 12.2 Å². The highest BCUT2D eigenvalue weighted by atomic mass is 32.2. The first-order chi connectivity index (χ1) is 10.3. The second-order valence-electron chi connectivity index (χ2n) is 8.28. The van der Waals surface area contributed by atoms with Crippen LogP contribution in [0.25, 0.3) is 0 Å². The van der Waals surface area contributed by atoms with Crippen LogP contribution in [-0.4, -0.2) is 30.4 Å². The minimum atomic E-state index is -3.44. The Morgan fingerprint density at radius 1 is 1.32 bits per heavy atom. The summed E-state index contributed by atoms with van der Waals surface area (Å²) in [6.45, 7) is 4.43. The molecule has 3 fully saturated rings. The fourth-order valence-electron chi connectivity index (χ4n) is 5.80. The summed E-state index contributed by atoms with van der Waals surface area (Å²) in [6, 6.07) is -0.0795. The Morgan fingerprint density at radius 2 is 2.09 bits per heavy atom. The third kappa shape index (κ3) is 1.69. The first kappa shape index (κ1) is 14.7. The van der Waals surface area contributed by atoms with E-state index in [1.54, 1.807) is 0 Å². The molecule has 1 aliphatic heterocycles. The molecule has 0 radical (unpaired) electrons. The van der Waals surface area contributed by atoms with Gasteiger partial charge in [0, 0.05) is 11.8 Å². The van der Waals surface area contributed by atoms with Crippen molar-refractivity contribution in [2.24, 2.45) is 22.7 Å². The standard InChI is InChI=1S/C17H25NO3S/c1-16(2)13-7-8-17(16)11-22(20,21)18(14(17)10-13)15(19)9-12-5-3-4-6-12/h3,5,12-14H,4,6-11H2,1-2H3/t12-,13-,14-,17+/m1/s1. The maximum atomic E-state index is 12.8. The average Bonchev–Trinajstić information content (AvgIpc) is 3.09. The Labute approximate surface area is 133 Å². The zero-order valence-electron chi connectivity index (χ0n) is 13.4. The summed E-state index contributed by atoms with van der Waals surface area (Å²) in [5.41, 5.74) is -0.162. The smallest absolute Gasteiger partial charge is 0.238 e. The molecular weight excluding hydrogens is 298 g/mol. The third-order valence-corrected chi connectivity index (χ3v) is 9.14. The highest BCUT2D eigenvalue weighted by molar-refractivity contribution is 7.90. The van der Waals surface area contributed by atoms with Gasteiger partial charge in [-0.3, -0.25) is 4.79 Å². The summed E-state index contributed by atoms with van der Waals surface area (Å²) >= 11 is 0. The van der Waals surface area contributed by atoms with Crippen molar-refractivity contribution in [1.82, 2.24) is 4.31 Å². The largest absolute Gasteiger partial charge is 0.274 e. The van der Waals surface area contributed by atoms with Crippen LogP contribution in [0.1, 0.15) is 52.4 Å². The molecule has 4 rings (SSSR count). The molecule has 3 aliphatic carbocycles. The van der Waals surface area contributed by atoms with E-state index in [2.05, 4.69) is 26.0 Å². The van der Waals surface area contributed by atoms with Crippen LogP contribution < -0.4 is 0 Å². The molecule has 1 spiro atoms. The molecule has 0 N–H and O–H groups in total. The molecule has 122 valence electrons. The van der Waals surface area contributed by atoms with Gasteiger partial charge in [-0.15, -0.1) is 0 Å². The number of hydrogen-bond acceptors (Lipinski definition) is 3. The summed E-state index contributed by atoms with van der Waals surface area (Å²) in [4.78, 5) is 12.8. The molecule has 4 aliphatic rings. The maximum absolute atomic E-state index is 12.8. The summed E-state index contributed by atoms with van der Waals surface area (Å²) in [5, 5.41) is 0. The van der Waals surface area contributed by atoms with Crippen LogP contribution in [0.5, 0.6) is 0 Å². The first-order valence-electron chi connectivity index (χ1n) is 8.49. The fraction of sp³-hybridized carbons (Fsp3) is 0.824. The SMILES string of the molecule is CC1(C)[C@@H]2CC[C@@]13CS(=O)(=O)N(C(=O)C[C@@H]1C=CCC1)[C@@H]3C2. The molecule has 0 aromatic rings. The van der Waals surface area contributed by atoms with Crippen molar-refractivity contribution in [3.05, 3.63) is 12.2 Å². The molecule has 4 atom stereocenters. The molecule has 5 heteroatoms. The first-order valence-corrected chi connectivity index (χ1v) is 10.1. The van der Waals surface area contributed by atoms with E-state index in [1.165, 1.54) is 4.31 Å². The minimum absolute atomic E-state index is 0.0347. The second kappa shape index (κ2) is 4.37. The molecule has 1 saturated heterocycles. The van der Waals surface area contributed by atoms with E-state index in [-0.39, 0.29) is 34.4 Å². The van der Waals surface area contributed by atoms with E-state index >= 15 is 0 Å². The Balaban J connectivity index is 1.66. The topological polar surface area (TPSA) is 54.5 Å². The molecule has 1 amide bonds. The van der Waals surface area contributed by atoms with Gasteiger partial charge in [-0.05, 0) is 49.4 Å². The number of carbonyl (C=O) groups is 1. The number of fused-ring (bicyclic) bond motifs is 1. The normalized spacial score (nSPS) is 43.7. The monoisotopic (exact) mass is 323 g/mol. The summed E-state index contributed by atoms with van der Waals surface area (Å²) in [7, 11) is -3.44. The molecule has 4 nitrogen and oxygen atoms in total. The van der Waals surface area contributed by atoms with E-state index in [4.69, 9.17) is 0 Å². The molecule has 2 saturated carbocycles. The maximum Gasteiger partial charge on any atom is 0.238 e. The lowest BCUT2D eigenvalue weighted by Gasteiger charge is -2.37. The van der Waals surface area contributed by atoms with Crippen molar-refractivity contribution in [3.8, 4) is 0 Å². The average molecular weight is 323 g/mol. The van der Waals surface area contributed by atoms with Gasteiger partial charge in [0.25, 0.3) is 0 Å². The van der Waals surface area contributed by atoms with Gasteiger partial charge in [-0.1, -0.05) is 26.0 Å². The number of carbonyl (C=O) groups excluding carboxylic acids is 1. The lowest BCUT2D eigenvalue weighted by molar-refractivity contribution is -0.129. The van der Waals surface area contributed by atoms with Crippen LogP contribution in [-0.2, 0) is 14.8 Å². The van der Waals surface area contributed by atoms with Gasteiger partial charge in [0.15, 0.2) is 0 Å². The van der Waals surface area contributed by atoms with Crippen molar-refractivity contribution in [3.63, 3.8) is 0 Å². The minimum Gasteiger partial charge on any atom is -0.274 e. The molecule has 0 aromatic heterocycles. The van der Waals surface area contributed by atoms with E-state index in [0.717, 1.165) is 32.1 Å². The molecule has 22 heavy (non-hydrogen) atoms. The van der Waals surface area contributed by atoms with E-state index in [1.807, 2.05) is 0 Å². The molecule has 0 aromatic carbocycles. The third-order valence-electron chi connectivity index (χ3n) is 7.21. The van der Waals surface area contributed by atoms with Crippen molar-refractivity contribution in [2.45, 2.75) is 58.4 Å². The predicted octanol–water partition coefficient (Wildman–Crippen LogP) is 2.71. The van der Waals surface area contributed by atoms with Gasteiger partial charge in [0.1, 0.15) is 0 Å². The van der Waals surface area contributed by atoms with Crippen LogP contribution in [0.4, 0.5) is 0 Å². The number of nitrogens with zero attached hydrogens (tertiary/aromatic N) is 1. The van der Waals surface area contributed by atoms with Crippen LogP contribution in [0.2, 0.25) is 0 Å².